The van der Waals surface area contributed by atoms with E-state index in [1.165, 1.54) is 4.90 Å². The maximum absolute atomic E-state index is 12.6. The summed E-state index contributed by atoms with van der Waals surface area (Å²) in [5, 5.41) is -1.23. The minimum atomic E-state index is -4.63. The zero-order valence-corrected chi connectivity index (χ0v) is 9.58. The SMILES string of the molecule is NCCOCCN1CC(S(=O)(=O)F)CC1=O. The predicted octanol–water partition coefficient (Wildman–Crippen LogP) is -1.14. The average molecular weight is 254 g/mol. The molecule has 1 atom stereocenters. The van der Waals surface area contributed by atoms with E-state index >= 15 is 0 Å². The third-order valence-electron chi connectivity index (χ3n) is 2.34. The van der Waals surface area contributed by atoms with Crippen LogP contribution in [-0.2, 0) is 19.8 Å². The van der Waals surface area contributed by atoms with Gasteiger partial charge in [0.05, 0.1) is 13.2 Å². The van der Waals surface area contributed by atoms with E-state index in [1.54, 1.807) is 0 Å². The Balaban J connectivity index is 2.37. The third kappa shape index (κ3) is 3.69. The van der Waals surface area contributed by atoms with Crippen LogP contribution in [0, 0.1) is 0 Å². The van der Waals surface area contributed by atoms with Crippen LogP contribution in [0.2, 0.25) is 0 Å². The van der Waals surface area contributed by atoms with E-state index in [0.29, 0.717) is 13.2 Å². The number of hydrogen-bond acceptors (Lipinski definition) is 5. The summed E-state index contributed by atoms with van der Waals surface area (Å²) >= 11 is 0. The minimum Gasteiger partial charge on any atom is -0.378 e. The van der Waals surface area contributed by atoms with Gasteiger partial charge in [0.1, 0.15) is 5.25 Å². The van der Waals surface area contributed by atoms with Gasteiger partial charge in [-0.3, -0.25) is 4.79 Å². The number of carbonyl (C=O) groups excluding carboxylic acids is 1. The monoisotopic (exact) mass is 254 g/mol. The Labute approximate surface area is 93.7 Å². The summed E-state index contributed by atoms with van der Waals surface area (Å²) in [4.78, 5) is 12.6. The summed E-state index contributed by atoms with van der Waals surface area (Å²) in [5.74, 6) is -0.359. The molecule has 0 aromatic carbocycles. The molecular weight excluding hydrogens is 239 g/mol. The van der Waals surface area contributed by atoms with Crippen LogP contribution >= 0.6 is 0 Å². The fourth-order valence-corrected chi connectivity index (χ4v) is 2.20. The number of likely N-dealkylation sites (tertiary alicyclic amines) is 1. The van der Waals surface area contributed by atoms with Crippen LogP contribution in [0.1, 0.15) is 6.42 Å². The van der Waals surface area contributed by atoms with Gasteiger partial charge in [-0.2, -0.15) is 8.42 Å². The zero-order valence-electron chi connectivity index (χ0n) is 8.76. The second kappa shape index (κ2) is 5.55. The summed E-state index contributed by atoms with van der Waals surface area (Å²) in [7, 11) is -4.63. The van der Waals surface area contributed by atoms with Crippen LogP contribution in [0.25, 0.3) is 0 Å². The molecule has 0 spiro atoms. The van der Waals surface area contributed by atoms with Gasteiger partial charge in [0.25, 0.3) is 0 Å². The fourth-order valence-electron chi connectivity index (χ4n) is 1.50. The Kier molecular flexibility index (Phi) is 4.63. The molecule has 1 heterocycles. The Morgan fingerprint density at radius 2 is 2.19 bits per heavy atom. The van der Waals surface area contributed by atoms with Crippen molar-refractivity contribution < 1.29 is 21.8 Å². The van der Waals surface area contributed by atoms with Crippen molar-refractivity contribution in [1.29, 1.82) is 0 Å². The van der Waals surface area contributed by atoms with Crippen molar-refractivity contribution in [3.05, 3.63) is 0 Å². The molecule has 0 bridgehead atoms. The molecule has 0 radical (unpaired) electrons. The molecule has 6 nitrogen and oxygen atoms in total. The van der Waals surface area contributed by atoms with Crippen LogP contribution in [0.4, 0.5) is 3.89 Å². The molecule has 8 heteroatoms. The van der Waals surface area contributed by atoms with E-state index in [-0.39, 0.29) is 32.0 Å². The molecule has 1 aliphatic rings. The maximum Gasteiger partial charge on any atom is 0.307 e. The largest absolute Gasteiger partial charge is 0.378 e. The van der Waals surface area contributed by atoms with Crippen molar-refractivity contribution in [3.63, 3.8) is 0 Å². The first-order valence-corrected chi connectivity index (χ1v) is 6.39. The highest BCUT2D eigenvalue weighted by atomic mass is 32.3. The predicted molar refractivity (Wildman–Crippen MR) is 54.9 cm³/mol. The lowest BCUT2D eigenvalue weighted by atomic mass is 10.4. The van der Waals surface area contributed by atoms with E-state index in [9.17, 15) is 17.1 Å². The molecule has 0 aliphatic carbocycles. The van der Waals surface area contributed by atoms with Crippen molar-refractivity contribution in [1.82, 2.24) is 4.90 Å². The number of carbonyl (C=O) groups is 1. The van der Waals surface area contributed by atoms with Crippen LogP contribution in [0.3, 0.4) is 0 Å². The Morgan fingerprint density at radius 3 is 2.69 bits per heavy atom. The fraction of sp³-hybridized carbons (Fsp3) is 0.875. The molecule has 0 aromatic heterocycles. The lowest BCUT2D eigenvalue weighted by Crippen LogP contribution is -2.31. The topological polar surface area (TPSA) is 89.7 Å². The van der Waals surface area contributed by atoms with Crippen molar-refractivity contribution in [2.45, 2.75) is 11.7 Å². The highest BCUT2D eigenvalue weighted by Crippen LogP contribution is 2.19. The van der Waals surface area contributed by atoms with Crippen LogP contribution < -0.4 is 5.73 Å². The number of amides is 1. The molecule has 94 valence electrons. The number of halogens is 1. The molecule has 1 aliphatic heterocycles. The molecule has 1 saturated heterocycles. The van der Waals surface area contributed by atoms with Crippen LogP contribution in [-0.4, -0.2) is 57.3 Å². The molecule has 0 saturated carbocycles. The van der Waals surface area contributed by atoms with E-state index in [4.69, 9.17) is 10.5 Å². The van der Waals surface area contributed by atoms with Gasteiger partial charge in [-0.1, -0.05) is 0 Å². The van der Waals surface area contributed by atoms with Crippen molar-refractivity contribution in [2.75, 3.05) is 32.8 Å². The number of ether oxygens (including phenoxy) is 1. The minimum absolute atomic E-state index is 0.0936. The second-order valence-electron chi connectivity index (χ2n) is 3.54. The standard InChI is InChI=1S/C8H15FN2O4S/c9-16(13,14)7-5-8(12)11(6-7)2-4-15-3-1-10/h7H,1-6,10H2. The molecule has 2 N–H and O–H groups in total. The average Bonchev–Trinajstić information content (AvgIpc) is 2.55. The molecule has 1 unspecified atom stereocenters. The summed E-state index contributed by atoms with van der Waals surface area (Å²) in [6, 6.07) is 0. The third-order valence-corrected chi connectivity index (χ3v) is 3.46. The van der Waals surface area contributed by atoms with Gasteiger partial charge in [-0.25, -0.2) is 0 Å². The van der Waals surface area contributed by atoms with E-state index in [2.05, 4.69) is 0 Å². The van der Waals surface area contributed by atoms with Crippen LogP contribution in [0.5, 0.6) is 0 Å². The number of rotatable bonds is 6. The number of hydrogen-bond donors (Lipinski definition) is 1. The molecule has 1 amide bonds. The van der Waals surface area contributed by atoms with Gasteiger partial charge < -0.3 is 15.4 Å². The van der Waals surface area contributed by atoms with E-state index in [0.717, 1.165) is 0 Å². The summed E-state index contributed by atoms with van der Waals surface area (Å²) < 4.78 is 38.9. The van der Waals surface area contributed by atoms with Gasteiger partial charge in [0.2, 0.25) is 5.91 Å². The van der Waals surface area contributed by atoms with Gasteiger partial charge in [-0.05, 0) is 0 Å². The summed E-state index contributed by atoms with van der Waals surface area (Å²) in [5.41, 5.74) is 5.19. The Morgan fingerprint density at radius 1 is 1.50 bits per heavy atom. The highest BCUT2D eigenvalue weighted by molar-refractivity contribution is 7.87. The van der Waals surface area contributed by atoms with Gasteiger partial charge in [0.15, 0.2) is 0 Å². The number of nitrogens with two attached hydrogens (primary N) is 1. The van der Waals surface area contributed by atoms with Gasteiger partial charge >= 0.3 is 10.2 Å². The Hall–Kier alpha value is -0.730. The smallest absolute Gasteiger partial charge is 0.307 e. The normalized spacial score (nSPS) is 21.8. The first-order chi connectivity index (χ1) is 7.45. The first kappa shape index (κ1) is 13.3. The molecule has 1 rings (SSSR count). The molecule has 0 aromatic rings. The zero-order chi connectivity index (χ0) is 12.2. The highest BCUT2D eigenvalue weighted by Gasteiger charge is 2.37. The van der Waals surface area contributed by atoms with E-state index < -0.39 is 15.5 Å². The molecular formula is C8H15FN2O4S. The first-order valence-electron chi connectivity index (χ1n) is 4.94. The Bertz CT molecular complexity index is 346. The molecule has 1 fully saturated rings. The maximum atomic E-state index is 12.6. The van der Waals surface area contributed by atoms with Crippen molar-refractivity contribution in [3.8, 4) is 0 Å². The van der Waals surface area contributed by atoms with Crippen molar-refractivity contribution >= 4 is 16.1 Å². The van der Waals surface area contributed by atoms with E-state index in [1.807, 2.05) is 0 Å². The quantitative estimate of drug-likeness (QED) is 0.478. The summed E-state index contributed by atoms with van der Waals surface area (Å²) in [6.45, 7) is 1.22. The second-order valence-corrected chi connectivity index (χ2v) is 5.16. The lowest BCUT2D eigenvalue weighted by molar-refractivity contribution is -0.128. The lowest BCUT2D eigenvalue weighted by Gasteiger charge is -2.15. The van der Waals surface area contributed by atoms with Crippen LogP contribution in [0.15, 0.2) is 0 Å². The molecule has 16 heavy (non-hydrogen) atoms. The summed E-state index contributed by atoms with van der Waals surface area (Å²) in [6.07, 6.45) is -0.282. The number of nitrogens with zero attached hydrogens (tertiary/aromatic N) is 1. The van der Waals surface area contributed by atoms with Gasteiger partial charge in [0, 0.05) is 26.1 Å². The van der Waals surface area contributed by atoms with Crippen molar-refractivity contribution in [2.24, 2.45) is 5.73 Å². The van der Waals surface area contributed by atoms with Gasteiger partial charge in [-0.15, -0.1) is 3.89 Å².